The van der Waals surface area contributed by atoms with Gasteiger partial charge in [0.05, 0.1) is 13.2 Å². The van der Waals surface area contributed by atoms with Crippen molar-refractivity contribution in [3.8, 4) is 0 Å². The molecule has 112 valence electrons. The van der Waals surface area contributed by atoms with Crippen LogP contribution in [0.25, 0.3) is 0 Å². The highest BCUT2D eigenvalue weighted by Gasteiger charge is 2.15. The predicted molar refractivity (Wildman–Crippen MR) is 83.3 cm³/mol. The molecule has 1 aromatic rings. The van der Waals surface area contributed by atoms with Gasteiger partial charge in [-0.15, -0.1) is 12.6 Å². The van der Waals surface area contributed by atoms with E-state index in [4.69, 9.17) is 4.74 Å². The molecule has 5 heteroatoms. The van der Waals surface area contributed by atoms with Gasteiger partial charge in [0.2, 0.25) is 0 Å². The van der Waals surface area contributed by atoms with Crippen LogP contribution in [0.3, 0.4) is 0 Å². The monoisotopic (exact) mass is 289 g/mol. The summed E-state index contributed by atoms with van der Waals surface area (Å²) in [6.45, 7) is 10.4. The Labute approximate surface area is 121 Å². The summed E-state index contributed by atoms with van der Waals surface area (Å²) < 4.78 is 5.01. The van der Waals surface area contributed by atoms with Crippen LogP contribution >= 0.6 is 12.6 Å². The molecule has 0 radical (unpaired) electrons. The van der Waals surface area contributed by atoms with Crippen LogP contribution in [0, 0.1) is 0 Å². The van der Waals surface area contributed by atoms with E-state index in [9.17, 15) is 0 Å². The van der Waals surface area contributed by atoms with E-state index in [0.717, 1.165) is 31.2 Å². The van der Waals surface area contributed by atoms with Crippen LogP contribution in [0.15, 0.2) is 29.2 Å². The molecule has 19 heavy (non-hydrogen) atoms. The first-order chi connectivity index (χ1) is 8.02. The molecule has 5 N–H and O–H groups in total. The highest BCUT2D eigenvalue weighted by Crippen LogP contribution is 2.27. The Morgan fingerprint density at radius 1 is 1.05 bits per heavy atom. The minimum atomic E-state index is 0. The fraction of sp³-hybridized carbons (Fsp3) is 0.571. The molecular weight excluding hydrogens is 262 g/mol. The number of hydrogen-bond donors (Lipinski definition) is 2. The highest BCUT2D eigenvalue weighted by atomic mass is 32.1. The van der Waals surface area contributed by atoms with E-state index in [1.54, 1.807) is 0 Å². The molecule has 0 spiro atoms. The van der Waals surface area contributed by atoms with Crippen LogP contribution in [0.5, 0.6) is 0 Å². The SMILES string of the molecule is C1COCCN1.CC(C)(C)c1ccccc1S.O.O. The molecule has 0 atom stereocenters. The molecule has 2 rings (SSSR count). The minimum Gasteiger partial charge on any atom is -0.412 e. The number of nitrogens with one attached hydrogen (secondary N) is 1. The van der Waals surface area contributed by atoms with Gasteiger partial charge >= 0.3 is 0 Å². The maximum absolute atomic E-state index is 5.01. The molecule has 0 aliphatic carbocycles. The van der Waals surface area contributed by atoms with Crippen molar-refractivity contribution in [3.63, 3.8) is 0 Å². The molecule has 1 fully saturated rings. The molecule has 1 aromatic carbocycles. The van der Waals surface area contributed by atoms with Gasteiger partial charge in [0, 0.05) is 18.0 Å². The lowest BCUT2D eigenvalue weighted by molar-refractivity contribution is 0.109. The zero-order valence-corrected chi connectivity index (χ0v) is 12.9. The summed E-state index contributed by atoms with van der Waals surface area (Å²) in [5.41, 5.74) is 1.52. The molecule has 4 nitrogen and oxygen atoms in total. The summed E-state index contributed by atoms with van der Waals surface area (Å²) in [6.07, 6.45) is 0. The van der Waals surface area contributed by atoms with Gasteiger partial charge in [0.15, 0.2) is 0 Å². The lowest BCUT2D eigenvalue weighted by Crippen LogP contribution is -2.30. The molecule has 0 saturated carbocycles. The normalized spacial score (nSPS) is 14.3. The number of morpholine rings is 1. The molecular formula is C14H27NO3S. The van der Waals surface area contributed by atoms with Gasteiger partial charge in [-0.2, -0.15) is 0 Å². The summed E-state index contributed by atoms with van der Waals surface area (Å²) >= 11 is 4.39. The number of hydrogen-bond acceptors (Lipinski definition) is 3. The van der Waals surface area contributed by atoms with E-state index < -0.39 is 0 Å². The predicted octanol–water partition coefficient (Wildman–Crippen LogP) is 1.23. The summed E-state index contributed by atoms with van der Waals surface area (Å²) in [5, 5.41) is 3.16. The summed E-state index contributed by atoms with van der Waals surface area (Å²) in [7, 11) is 0. The molecule has 1 heterocycles. The lowest BCUT2D eigenvalue weighted by Gasteiger charge is -2.20. The van der Waals surface area contributed by atoms with Crippen molar-refractivity contribution < 1.29 is 15.7 Å². The average Bonchev–Trinajstić information content (AvgIpc) is 2.31. The van der Waals surface area contributed by atoms with Gasteiger partial charge in [-0.3, -0.25) is 0 Å². The van der Waals surface area contributed by atoms with Crippen molar-refractivity contribution in [2.45, 2.75) is 31.1 Å². The van der Waals surface area contributed by atoms with Crippen LogP contribution in [0.4, 0.5) is 0 Å². The third-order valence-electron chi connectivity index (χ3n) is 2.56. The van der Waals surface area contributed by atoms with E-state index in [0.29, 0.717) is 0 Å². The smallest absolute Gasteiger partial charge is 0.0591 e. The Hall–Kier alpha value is -0.590. The first-order valence-electron chi connectivity index (χ1n) is 6.09. The van der Waals surface area contributed by atoms with E-state index in [-0.39, 0.29) is 16.4 Å². The third-order valence-corrected chi connectivity index (χ3v) is 2.95. The fourth-order valence-electron chi connectivity index (χ4n) is 1.62. The first kappa shape index (κ1) is 20.7. The summed E-state index contributed by atoms with van der Waals surface area (Å²) in [4.78, 5) is 1.08. The van der Waals surface area contributed by atoms with E-state index >= 15 is 0 Å². The van der Waals surface area contributed by atoms with Crippen molar-refractivity contribution in [3.05, 3.63) is 29.8 Å². The van der Waals surface area contributed by atoms with E-state index in [1.165, 1.54) is 5.56 Å². The largest absolute Gasteiger partial charge is 0.412 e. The van der Waals surface area contributed by atoms with Gasteiger partial charge < -0.3 is 21.0 Å². The van der Waals surface area contributed by atoms with Crippen LogP contribution in [0.1, 0.15) is 26.3 Å². The maximum Gasteiger partial charge on any atom is 0.0591 e. The minimum absolute atomic E-state index is 0. The Kier molecular flexibility index (Phi) is 11.2. The highest BCUT2D eigenvalue weighted by molar-refractivity contribution is 7.80. The van der Waals surface area contributed by atoms with Gasteiger partial charge in [-0.25, -0.2) is 0 Å². The number of benzene rings is 1. The number of ether oxygens (including phenoxy) is 1. The Bertz CT molecular complexity index is 324. The molecule has 0 bridgehead atoms. The zero-order valence-electron chi connectivity index (χ0n) is 12.0. The van der Waals surface area contributed by atoms with Crippen molar-refractivity contribution in [2.24, 2.45) is 0 Å². The van der Waals surface area contributed by atoms with E-state index in [1.807, 2.05) is 12.1 Å². The Morgan fingerprint density at radius 2 is 1.58 bits per heavy atom. The van der Waals surface area contributed by atoms with Crippen LogP contribution in [-0.4, -0.2) is 37.3 Å². The average molecular weight is 289 g/mol. The molecule has 1 aliphatic rings. The van der Waals surface area contributed by atoms with Crippen molar-refractivity contribution >= 4 is 12.6 Å². The second kappa shape index (κ2) is 10.2. The van der Waals surface area contributed by atoms with Crippen molar-refractivity contribution in [1.82, 2.24) is 5.32 Å². The summed E-state index contributed by atoms with van der Waals surface area (Å²) in [6, 6.07) is 8.23. The van der Waals surface area contributed by atoms with Crippen LogP contribution in [-0.2, 0) is 10.2 Å². The van der Waals surface area contributed by atoms with Gasteiger partial charge in [-0.05, 0) is 17.0 Å². The molecule has 0 amide bonds. The Morgan fingerprint density at radius 3 is 1.84 bits per heavy atom. The first-order valence-corrected chi connectivity index (χ1v) is 6.53. The lowest BCUT2D eigenvalue weighted by atomic mass is 9.87. The third kappa shape index (κ3) is 8.23. The van der Waals surface area contributed by atoms with E-state index in [2.05, 4.69) is 50.8 Å². The van der Waals surface area contributed by atoms with Gasteiger partial charge in [0.1, 0.15) is 0 Å². The molecule has 1 saturated heterocycles. The number of rotatable bonds is 0. The van der Waals surface area contributed by atoms with Crippen LogP contribution < -0.4 is 5.32 Å². The fourth-order valence-corrected chi connectivity index (χ4v) is 2.12. The van der Waals surface area contributed by atoms with Gasteiger partial charge in [-0.1, -0.05) is 39.0 Å². The standard InChI is InChI=1S/C10H14S.C4H9NO.2H2O/c1-10(2,3)8-6-4-5-7-9(8)11;1-3-6-4-2-5-1;;/h4-7,11H,1-3H3;5H,1-4H2;2*1H2. The molecule has 0 unspecified atom stereocenters. The topological polar surface area (TPSA) is 84.3 Å². The Balaban J connectivity index is 0. The molecule has 0 aromatic heterocycles. The van der Waals surface area contributed by atoms with Gasteiger partial charge in [0.25, 0.3) is 0 Å². The zero-order chi connectivity index (χ0) is 12.7. The maximum atomic E-state index is 5.01. The molecule has 1 aliphatic heterocycles. The van der Waals surface area contributed by atoms with Crippen molar-refractivity contribution in [2.75, 3.05) is 26.3 Å². The summed E-state index contributed by atoms with van der Waals surface area (Å²) in [5.74, 6) is 0. The quantitative estimate of drug-likeness (QED) is 0.704. The van der Waals surface area contributed by atoms with Crippen molar-refractivity contribution in [1.29, 1.82) is 0 Å². The second-order valence-electron chi connectivity index (χ2n) is 5.13. The second-order valence-corrected chi connectivity index (χ2v) is 5.61. The van der Waals surface area contributed by atoms with Crippen LogP contribution in [0.2, 0.25) is 0 Å². The number of thiol groups is 1.